The van der Waals surface area contributed by atoms with Crippen molar-refractivity contribution in [2.24, 2.45) is 0 Å². The van der Waals surface area contributed by atoms with Crippen molar-refractivity contribution < 1.29 is 29.9 Å². The summed E-state index contributed by atoms with van der Waals surface area (Å²) in [5.74, 6) is 2.42. The molecule has 0 aliphatic rings. The van der Waals surface area contributed by atoms with E-state index in [4.69, 9.17) is 9.47 Å². The van der Waals surface area contributed by atoms with Crippen LogP contribution in [0, 0.1) is 0 Å². The van der Waals surface area contributed by atoms with E-state index in [-0.39, 0.29) is 36.6 Å². The van der Waals surface area contributed by atoms with Crippen LogP contribution in [-0.2, 0) is 13.1 Å². The number of benzene rings is 4. The first-order valence-corrected chi connectivity index (χ1v) is 15.8. The van der Waals surface area contributed by atoms with Gasteiger partial charge in [-0.05, 0) is 81.2 Å². The molecule has 10 heteroatoms. The Hall–Kier alpha value is -5.06. The summed E-state index contributed by atoms with van der Waals surface area (Å²) in [5.41, 5.74) is 1.71. The van der Waals surface area contributed by atoms with Crippen LogP contribution in [0.25, 0.3) is 0 Å². The summed E-state index contributed by atoms with van der Waals surface area (Å²) in [5, 5.41) is 42.8. The fourth-order valence-electron chi connectivity index (χ4n) is 4.47. The van der Waals surface area contributed by atoms with E-state index >= 15 is 0 Å². The highest BCUT2D eigenvalue weighted by Crippen LogP contribution is 2.48. The molecule has 2 aromatic heterocycles. The number of nitrogens with zero attached hydrogens (tertiary/aromatic N) is 2. The Morgan fingerprint density at radius 3 is 1.16 bits per heavy atom. The molecule has 222 valence electrons. The first-order chi connectivity index (χ1) is 21.4. The van der Waals surface area contributed by atoms with Gasteiger partial charge in [-0.3, -0.25) is 9.13 Å². The lowest BCUT2D eigenvalue weighted by Gasteiger charge is -2.10. The minimum atomic E-state index is -0.106. The van der Waals surface area contributed by atoms with Crippen LogP contribution in [0.15, 0.2) is 131 Å². The summed E-state index contributed by atoms with van der Waals surface area (Å²) in [7, 11) is 2.32. The largest absolute Gasteiger partial charge is 0.494 e. The molecule has 0 aliphatic carbocycles. The van der Waals surface area contributed by atoms with Gasteiger partial charge in [-0.1, -0.05) is 60.7 Å². The van der Waals surface area contributed by atoms with Crippen LogP contribution in [0.2, 0.25) is 0 Å². The fraction of sp³-hybridized carbons (Fsp3) is 0.0588. The molecule has 6 rings (SSSR count). The highest BCUT2D eigenvalue weighted by atomic mass is 33.1. The Bertz CT molecular complexity index is 1700. The number of rotatable bonds is 11. The average molecular weight is 625 g/mol. The summed E-state index contributed by atoms with van der Waals surface area (Å²) in [6.45, 7) is 0.484. The number of ether oxygens (including phenoxy) is 2. The monoisotopic (exact) mass is 624 g/mol. The Morgan fingerprint density at radius 2 is 0.795 bits per heavy atom. The Kier molecular flexibility index (Phi) is 8.62. The summed E-state index contributed by atoms with van der Waals surface area (Å²) in [6, 6.07) is 36.7. The Morgan fingerprint density at radius 1 is 0.455 bits per heavy atom. The number of aromatic nitrogens is 2. The van der Waals surface area contributed by atoms with Gasteiger partial charge in [0.25, 0.3) is 0 Å². The topological polar surface area (TPSA) is 109 Å². The lowest BCUT2D eigenvalue weighted by Crippen LogP contribution is -1.98. The highest BCUT2D eigenvalue weighted by molar-refractivity contribution is 8.76. The van der Waals surface area contributed by atoms with Gasteiger partial charge in [0, 0.05) is 12.1 Å². The first-order valence-electron chi connectivity index (χ1n) is 13.6. The molecule has 0 spiro atoms. The molecule has 44 heavy (non-hydrogen) atoms. The quantitative estimate of drug-likeness (QED) is 0.106. The zero-order valence-electron chi connectivity index (χ0n) is 23.3. The van der Waals surface area contributed by atoms with Crippen molar-refractivity contribution in [1.29, 1.82) is 0 Å². The van der Waals surface area contributed by atoms with Gasteiger partial charge in [-0.25, -0.2) is 0 Å². The molecular weight excluding hydrogens is 597 g/mol. The molecule has 0 bridgehead atoms. The summed E-state index contributed by atoms with van der Waals surface area (Å²) in [6.07, 6.45) is 0. The van der Waals surface area contributed by atoms with Crippen molar-refractivity contribution in [3.8, 4) is 46.5 Å². The SMILES string of the molecule is Oc1cc(SSc2cc(O)n(Cc3ccc(Oc4ccccc4)cc3)c2O)c(O)n1Cc1ccc(Oc2ccccc2)cc1. The molecule has 0 fully saturated rings. The van der Waals surface area contributed by atoms with Crippen molar-refractivity contribution in [3.63, 3.8) is 0 Å². The molecule has 4 aromatic carbocycles. The maximum atomic E-state index is 10.9. The minimum Gasteiger partial charge on any atom is -0.494 e. The highest BCUT2D eigenvalue weighted by Gasteiger charge is 2.19. The number of hydrogen-bond acceptors (Lipinski definition) is 8. The van der Waals surface area contributed by atoms with Crippen LogP contribution in [0.1, 0.15) is 11.1 Å². The van der Waals surface area contributed by atoms with E-state index in [9.17, 15) is 20.4 Å². The standard InChI is InChI=1S/C34H28N2O6S2/c37-31-19-29(33(39)35(31)21-23-11-15-27(16-12-23)41-25-7-3-1-4-8-25)43-44-30-20-32(38)36(34(30)40)22-24-13-17-28(18-14-24)42-26-9-5-2-6-10-26/h1-20,37-40H,21-22H2. The zero-order valence-corrected chi connectivity index (χ0v) is 24.9. The molecule has 2 heterocycles. The van der Waals surface area contributed by atoms with Crippen molar-refractivity contribution >= 4 is 21.6 Å². The van der Waals surface area contributed by atoms with Crippen molar-refractivity contribution in [2.45, 2.75) is 22.9 Å². The van der Waals surface area contributed by atoms with Gasteiger partial charge in [0.15, 0.2) is 11.8 Å². The molecule has 0 atom stereocenters. The normalized spacial score (nSPS) is 11.0. The van der Waals surface area contributed by atoms with Crippen LogP contribution in [-0.4, -0.2) is 29.6 Å². The second kappa shape index (κ2) is 13.1. The molecular formula is C34H28N2O6S2. The molecule has 0 aliphatic heterocycles. The van der Waals surface area contributed by atoms with Crippen LogP contribution in [0.4, 0.5) is 0 Å². The van der Waals surface area contributed by atoms with E-state index < -0.39 is 0 Å². The van der Waals surface area contributed by atoms with Crippen LogP contribution >= 0.6 is 21.6 Å². The van der Waals surface area contributed by atoms with E-state index in [1.54, 1.807) is 0 Å². The summed E-state index contributed by atoms with van der Waals surface area (Å²) in [4.78, 5) is 0.828. The first kappa shape index (κ1) is 29.0. The molecule has 8 nitrogen and oxygen atoms in total. The van der Waals surface area contributed by atoms with Gasteiger partial charge in [0.2, 0.25) is 11.8 Å². The molecule has 0 amide bonds. The lowest BCUT2D eigenvalue weighted by molar-refractivity contribution is 0.372. The van der Waals surface area contributed by atoms with E-state index in [2.05, 4.69) is 0 Å². The molecule has 0 saturated carbocycles. The molecule has 4 N–H and O–H groups in total. The van der Waals surface area contributed by atoms with Crippen LogP contribution in [0.3, 0.4) is 0 Å². The third-order valence-corrected chi connectivity index (χ3v) is 9.10. The smallest absolute Gasteiger partial charge is 0.209 e. The van der Waals surface area contributed by atoms with Crippen molar-refractivity contribution in [1.82, 2.24) is 9.13 Å². The predicted octanol–water partition coefficient (Wildman–Crippen LogP) is 8.59. The van der Waals surface area contributed by atoms with Gasteiger partial charge in [0.05, 0.1) is 22.9 Å². The maximum Gasteiger partial charge on any atom is 0.209 e. The Balaban J connectivity index is 1.08. The van der Waals surface area contributed by atoms with E-state index in [1.807, 2.05) is 109 Å². The average Bonchev–Trinajstić information content (AvgIpc) is 3.47. The van der Waals surface area contributed by atoms with E-state index in [0.29, 0.717) is 21.3 Å². The second-order valence-corrected chi connectivity index (χ2v) is 12.1. The zero-order chi connectivity index (χ0) is 30.5. The number of para-hydroxylation sites is 2. The van der Waals surface area contributed by atoms with E-state index in [1.165, 1.54) is 21.3 Å². The van der Waals surface area contributed by atoms with Crippen LogP contribution in [0.5, 0.6) is 46.5 Å². The third kappa shape index (κ3) is 6.77. The second-order valence-electron chi connectivity index (χ2n) is 9.84. The minimum absolute atomic E-state index is 0.0976. The molecule has 0 saturated heterocycles. The lowest BCUT2D eigenvalue weighted by atomic mass is 10.2. The summed E-state index contributed by atoms with van der Waals surface area (Å²) >= 11 is 0. The van der Waals surface area contributed by atoms with Gasteiger partial charge in [0.1, 0.15) is 23.0 Å². The van der Waals surface area contributed by atoms with Gasteiger partial charge in [-0.15, -0.1) is 0 Å². The molecule has 0 unspecified atom stereocenters. The fourth-order valence-corrected chi connectivity index (χ4v) is 6.60. The number of aromatic hydroxyl groups is 4. The van der Waals surface area contributed by atoms with Gasteiger partial charge < -0.3 is 29.9 Å². The number of hydrogen-bond donors (Lipinski definition) is 4. The molecule has 0 radical (unpaired) electrons. The third-order valence-electron chi connectivity index (χ3n) is 6.73. The molecule has 6 aromatic rings. The Labute approximate surface area is 261 Å². The van der Waals surface area contributed by atoms with E-state index in [0.717, 1.165) is 44.2 Å². The summed E-state index contributed by atoms with van der Waals surface area (Å²) < 4.78 is 14.4. The predicted molar refractivity (Wildman–Crippen MR) is 171 cm³/mol. The van der Waals surface area contributed by atoms with Crippen molar-refractivity contribution in [2.75, 3.05) is 0 Å². The van der Waals surface area contributed by atoms with Gasteiger partial charge >= 0.3 is 0 Å². The maximum absolute atomic E-state index is 10.9. The van der Waals surface area contributed by atoms with Gasteiger partial charge in [-0.2, -0.15) is 0 Å². The van der Waals surface area contributed by atoms with Crippen LogP contribution < -0.4 is 9.47 Å². The van der Waals surface area contributed by atoms with Crippen molar-refractivity contribution in [3.05, 3.63) is 132 Å².